The van der Waals surface area contributed by atoms with Gasteiger partial charge in [0.15, 0.2) is 0 Å². The Morgan fingerprint density at radius 2 is 1.88 bits per heavy atom. The van der Waals surface area contributed by atoms with Crippen LogP contribution in [0.3, 0.4) is 0 Å². The van der Waals surface area contributed by atoms with E-state index in [1.165, 1.54) is 0 Å². The van der Waals surface area contributed by atoms with Crippen LogP contribution in [0.2, 0.25) is 0 Å². The standard InChI is InChI=1S/C18H18BrN3O3/c1-10-8-14(12(3)25-10)18(24)21-20-16(23)9-22-11(2)17(19)13-6-4-5-7-15(13)22/h4-8H,9H2,1-3H3,(H,20,23)(H,21,24). The van der Waals surface area contributed by atoms with Gasteiger partial charge in [0.2, 0.25) is 0 Å². The van der Waals surface area contributed by atoms with E-state index in [0.717, 1.165) is 21.1 Å². The second-order valence-corrected chi connectivity index (χ2v) is 6.62. The number of halogens is 1. The summed E-state index contributed by atoms with van der Waals surface area (Å²) in [5.41, 5.74) is 7.18. The summed E-state index contributed by atoms with van der Waals surface area (Å²) >= 11 is 3.56. The second kappa shape index (κ2) is 6.76. The predicted molar refractivity (Wildman–Crippen MR) is 98.2 cm³/mol. The van der Waals surface area contributed by atoms with Crippen molar-refractivity contribution in [1.82, 2.24) is 15.4 Å². The van der Waals surface area contributed by atoms with Crippen LogP contribution >= 0.6 is 15.9 Å². The molecule has 130 valence electrons. The van der Waals surface area contributed by atoms with E-state index in [-0.39, 0.29) is 12.5 Å². The Hall–Kier alpha value is -2.54. The van der Waals surface area contributed by atoms with Crippen LogP contribution in [-0.2, 0) is 11.3 Å². The number of carbonyl (C=O) groups excluding carboxylic acids is 2. The molecule has 25 heavy (non-hydrogen) atoms. The van der Waals surface area contributed by atoms with Crippen molar-refractivity contribution in [3.05, 3.63) is 57.6 Å². The van der Waals surface area contributed by atoms with Crippen LogP contribution in [0, 0.1) is 20.8 Å². The molecule has 2 aromatic heterocycles. The molecule has 0 spiro atoms. The number of aromatic nitrogens is 1. The summed E-state index contributed by atoms with van der Waals surface area (Å²) in [7, 11) is 0. The number of hydrogen-bond acceptors (Lipinski definition) is 3. The zero-order chi connectivity index (χ0) is 18.1. The molecule has 0 fully saturated rings. The highest BCUT2D eigenvalue weighted by atomic mass is 79.9. The molecule has 2 amide bonds. The third-order valence-corrected chi connectivity index (χ3v) is 5.06. The molecule has 0 bridgehead atoms. The van der Waals surface area contributed by atoms with Gasteiger partial charge < -0.3 is 8.98 Å². The first-order valence-electron chi connectivity index (χ1n) is 7.78. The summed E-state index contributed by atoms with van der Waals surface area (Å²) in [5, 5.41) is 1.04. The minimum absolute atomic E-state index is 0.0988. The van der Waals surface area contributed by atoms with E-state index in [9.17, 15) is 9.59 Å². The van der Waals surface area contributed by atoms with Gasteiger partial charge in [0.25, 0.3) is 11.8 Å². The average molecular weight is 404 g/mol. The Bertz CT molecular complexity index is 972. The summed E-state index contributed by atoms with van der Waals surface area (Å²) in [4.78, 5) is 24.4. The molecule has 0 aliphatic carbocycles. The lowest BCUT2D eigenvalue weighted by Gasteiger charge is -2.10. The first-order chi connectivity index (χ1) is 11.9. The zero-order valence-electron chi connectivity index (χ0n) is 14.1. The van der Waals surface area contributed by atoms with Crippen molar-refractivity contribution >= 4 is 38.6 Å². The number of nitrogens with one attached hydrogen (secondary N) is 2. The van der Waals surface area contributed by atoms with E-state index < -0.39 is 5.91 Å². The Morgan fingerprint density at radius 1 is 1.16 bits per heavy atom. The fourth-order valence-corrected chi connectivity index (χ4v) is 3.37. The van der Waals surface area contributed by atoms with Gasteiger partial charge >= 0.3 is 0 Å². The lowest BCUT2D eigenvalue weighted by molar-refractivity contribution is -0.122. The molecule has 0 saturated heterocycles. The van der Waals surface area contributed by atoms with E-state index in [4.69, 9.17) is 4.42 Å². The number of para-hydroxylation sites is 1. The maximum Gasteiger partial charge on any atom is 0.273 e. The number of aryl methyl sites for hydroxylation is 2. The van der Waals surface area contributed by atoms with E-state index >= 15 is 0 Å². The summed E-state index contributed by atoms with van der Waals surface area (Å²) in [6.45, 7) is 5.51. The molecule has 0 radical (unpaired) electrons. The SMILES string of the molecule is Cc1cc(C(=O)NNC(=O)Cn2c(C)c(Br)c3ccccc32)c(C)o1. The molecule has 1 aromatic carbocycles. The number of carbonyl (C=O) groups is 2. The Morgan fingerprint density at radius 3 is 2.56 bits per heavy atom. The third-order valence-electron chi connectivity index (χ3n) is 4.06. The van der Waals surface area contributed by atoms with Gasteiger partial charge in [-0.25, -0.2) is 0 Å². The number of amides is 2. The van der Waals surface area contributed by atoms with Crippen molar-refractivity contribution in [2.75, 3.05) is 0 Å². The predicted octanol–water partition coefficient (Wildman–Crippen LogP) is 3.38. The van der Waals surface area contributed by atoms with Crippen LogP contribution in [0.1, 0.15) is 27.6 Å². The summed E-state index contributed by atoms with van der Waals surface area (Å²) in [6.07, 6.45) is 0. The van der Waals surface area contributed by atoms with Crippen molar-refractivity contribution in [2.45, 2.75) is 27.3 Å². The van der Waals surface area contributed by atoms with Crippen molar-refractivity contribution in [3.8, 4) is 0 Å². The molecular weight excluding hydrogens is 386 g/mol. The van der Waals surface area contributed by atoms with Gasteiger partial charge in [-0.3, -0.25) is 20.4 Å². The average Bonchev–Trinajstić information content (AvgIpc) is 3.05. The summed E-state index contributed by atoms with van der Waals surface area (Å²) in [6, 6.07) is 9.46. The molecule has 0 aliphatic rings. The number of nitrogens with zero attached hydrogens (tertiary/aromatic N) is 1. The minimum Gasteiger partial charge on any atom is -0.466 e. The van der Waals surface area contributed by atoms with Gasteiger partial charge in [0.1, 0.15) is 18.1 Å². The highest BCUT2D eigenvalue weighted by molar-refractivity contribution is 9.10. The molecule has 2 N–H and O–H groups in total. The normalized spacial score (nSPS) is 10.9. The van der Waals surface area contributed by atoms with Crippen LogP contribution in [0.15, 0.2) is 39.2 Å². The molecule has 3 aromatic rings. The van der Waals surface area contributed by atoms with Gasteiger partial charge in [0.05, 0.1) is 5.56 Å². The largest absolute Gasteiger partial charge is 0.466 e. The van der Waals surface area contributed by atoms with Gasteiger partial charge in [-0.1, -0.05) is 18.2 Å². The molecule has 3 rings (SSSR count). The molecule has 0 saturated carbocycles. The smallest absolute Gasteiger partial charge is 0.273 e. The highest BCUT2D eigenvalue weighted by Gasteiger charge is 2.16. The maximum absolute atomic E-state index is 12.3. The fourth-order valence-electron chi connectivity index (χ4n) is 2.83. The Balaban J connectivity index is 1.70. The van der Waals surface area contributed by atoms with Crippen molar-refractivity contribution in [3.63, 3.8) is 0 Å². The number of furan rings is 1. The van der Waals surface area contributed by atoms with Crippen LogP contribution in [0.5, 0.6) is 0 Å². The minimum atomic E-state index is -0.405. The highest BCUT2D eigenvalue weighted by Crippen LogP contribution is 2.30. The number of rotatable bonds is 3. The molecule has 7 heteroatoms. The lowest BCUT2D eigenvalue weighted by Crippen LogP contribution is -2.43. The van der Waals surface area contributed by atoms with E-state index in [1.807, 2.05) is 35.8 Å². The van der Waals surface area contributed by atoms with E-state index in [1.54, 1.807) is 19.9 Å². The van der Waals surface area contributed by atoms with E-state index in [0.29, 0.717) is 17.1 Å². The number of benzene rings is 1. The van der Waals surface area contributed by atoms with Crippen LogP contribution < -0.4 is 10.9 Å². The summed E-state index contributed by atoms with van der Waals surface area (Å²) < 4.78 is 8.18. The zero-order valence-corrected chi connectivity index (χ0v) is 15.7. The molecule has 0 unspecified atom stereocenters. The lowest BCUT2D eigenvalue weighted by atomic mass is 10.2. The Labute approximate surface area is 153 Å². The van der Waals surface area contributed by atoms with Crippen molar-refractivity contribution in [1.29, 1.82) is 0 Å². The maximum atomic E-state index is 12.3. The van der Waals surface area contributed by atoms with Gasteiger partial charge in [-0.2, -0.15) is 0 Å². The van der Waals surface area contributed by atoms with Gasteiger partial charge in [0, 0.05) is 21.1 Å². The van der Waals surface area contributed by atoms with Crippen LogP contribution in [0.4, 0.5) is 0 Å². The first kappa shape index (κ1) is 17.3. The van der Waals surface area contributed by atoms with Gasteiger partial charge in [-0.15, -0.1) is 0 Å². The molecular formula is C18H18BrN3O3. The van der Waals surface area contributed by atoms with Crippen LogP contribution in [-0.4, -0.2) is 16.4 Å². The number of fused-ring (bicyclic) bond motifs is 1. The number of hydrazine groups is 1. The first-order valence-corrected chi connectivity index (χ1v) is 8.57. The second-order valence-electron chi connectivity index (χ2n) is 5.83. The number of hydrogen-bond donors (Lipinski definition) is 2. The Kier molecular flexibility index (Phi) is 4.67. The molecule has 0 aliphatic heterocycles. The van der Waals surface area contributed by atoms with Crippen molar-refractivity contribution < 1.29 is 14.0 Å². The van der Waals surface area contributed by atoms with Crippen LogP contribution in [0.25, 0.3) is 10.9 Å². The van der Waals surface area contributed by atoms with E-state index in [2.05, 4.69) is 26.8 Å². The van der Waals surface area contributed by atoms with Crippen molar-refractivity contribution in [2.24, 2.45) is 0 Å². The quantitative estimate of drug-likeness (QED) is 0.658. The summed E-state index contributed by atoms with van der Waals surface area (Å²) in [5.74, 6) is 0.439. The van der Waals surface area contributed by atoms with Gasteiger partial charge in [-0.05, 0) is 48.8 Å². The third kappa shape index (κ3) is 3.32. The topological polar surface area (TPSA) is 76.3 Å². The fraction of sp³-hybridized carbons (Fsp3) is 0.222. The molecule has 6 nitrogen and oxygen atoms in total. The molecule has 0 atom stereocenters. The molecule has 2 heterocycles. The monoisotopic (exact) mass is 403 g/mol.